The van der Waals surface area contributed by atoms with Gasteiger partial charge in [-0.15, -0.1) is 11.3 Å². The number of fused-ring (bicyclic) bond motifs is 6. The molecule has 0 saturated carbocycles. The van der Waals surface area contributed by atoms with Gasteiger partial charge >= 0.3 is 0 Å². The van der Waals surface area contributed by atoms with Crippen molar-refractivity contribution in [2.75, 3.05) is 4.90 Å². The Morgan fingerprint density at radius 3 is 1.69 bits per heavy atom. The summed E-state index contributed by atoms with van der Waals surface area (Å²) in [6, 6.07) is 78.2. The zero-order valence-corrected chi connectivity index (χ0v) is 33.9. The molecule has 0 unspecified atom stereocenters. The van der Waals surface area contributed by atoms with Gasteiger partial charge in [0.15, 0.2) is 0 Å². The standard InChI is InChI=1S/C57H41NS/c1-57(2)49-30-14-11-27-48(49)55-47(29-17-31-50(55)57)43-24-12-15-32-51(43)58(40-35-36-45-44-25-13-16-34-53(44)59-54(45)37-40)52-33-18-28-42(39-21-7-4-8-22-39)56(52)46-26-10-9-23-41(46)38-19-5-3-6-20-38/h3-37H,1-2H3. The SMILES string of the molecule is CC1(C)c2ccccc2-c2c(-c3ccccc3N(c3ccc4c(c3)sc3ccccc34)c3cccc(-c4ccccc4)c3-c3ccccc3-c3ccccc3)cccc21. The molecule has 9 aromatic carbocycles. The largest absolute Gasteiger partial charge is 0.309 e. The highest BCUT2D eigenvalue weighted by Crippen LogP contribution is 2.55. The third-order valence-corrected chi connectivity index (χ3v) is 13.4. The van der Waals surface area contributed by atoms with Crippen LogP contribution in [0.4, 0.5) is 17.1 Å². The highest BCUT2D eigenvalue weighted by atomic mass is 32.1. The first-order valence-corrected chi connectivity index (χ1v) is 21.3. The number of rotatable bonds is 7. The van der Waals surface area contributed by atoms with Gasteiger partial charge in [-0.3, -0.25) is 0 Å². The maximum absolute atomic E-state index is 2.54. The van der Waals surface area contributed by atoms with Gasteiger partial charge in [0.05, 0.1) is 11.4 Å². The molecule has 2 heteroatoms. The Labute approximate surface area is 350 Å². The summed E-state index contributed by atoms with van der Waals surface area (Å²) in [5, 5.41) is 2.59. The lowest BCUT2D eigenvalue weighted by Gasteiger charge is -2.32. The molecule has 1 heterocycles. The molecule has 0 bridgehead atoms. The fourth-order valence-electron chi connectivity index (χ4n) is 9.58. The van der Waals surface area contributed by atoms with Crippen LogP contribution in [0.3, 0.4) is 0 Å². The van der Waals surface area contributed by atoms with Crippen molar-refractivity contribution < 1.29 is 0 Å². The van der Waals surface area contributed by atoms with E-state index in [1.807, 2.05) is 11.3 Å². The maximum atomic E-state index is 2.54. The number of anilines is 3. The molecule has 59 heavy (non-hydrogen) atoms. The topological polar surface area (TPSA) is 3.24 Å². The number of nitrogens with zero attached hydrogens (tertiary/aromatic N) is 1. The lowest BCUT2D eigenvalue weighted by molar-refractivity contribution is 0.660. The molecule has 1 aliphatic carbocycles. The minimum Gasteiger partial charge on any atom is -0.309 e. The van der Waals surface area contributed by atoms with E-state index >= 15 is 0 Å². The second-order valence-electron chi connectivity index (χ2n) is 16.0. The van der Waals surface area contributed by atoms with Gasteiger partial charge in [0.2, 0.25) is 0 Å². The molecule has 11 rings (SSSR count). The summed E-state index contributed by atoms with van der Waals surface area (Å²) in [5.74, 6) is 0. The Morgan fingerprint density at radius 1 is 0.356 bits per heavy atom. The van der Waals surface area contributed by atoms with Crippen LogP contribution in [0, 0.1) is 0 Å². The Balaban J connectivity index is 1.24. The van der Waals surface area contributed by atoms with E-state index in [1.165, 1.54) is 86.9 Å². The molecule has 10 aromatic rings. The fourth-order valence-corrected chi connectivity index (χ4v) is 10.7. The number of hydrogen-bond acceptors (Lipinski definition) is 2. The van der Waals surface area contributed by atoms with E-state index in [0.29, 0.717) is 0 Å². The summed E-state index contributed by atoms with van der Waals surface area (Å²) >= 11 is 1.87. The lowest BCUT2D eigenvalue weighted by atomic mass is 9.82. The third kappa shape index (κ3) is 5.74. The van der Waals surface area contributed by atoms with Crippen LogP contribution >= 0.6 is 11.3 Å². The Morgan fingerprint density at radius 2 is 0.898 bits per heavy atom. The Hall–Kier alpha value is -7.00. The minimum absolute atomic E-state index is 0.110. The molecule has 0 amide bonds. The van der Waals surface area contributed by atoms with Crippen molar-refractivity contribution in [3.05, 3.63) is 223 Å². The molecule has 0 atom stereocenters. The van der Waals surface area contributed by atoms with E-state index < -0.39 is 0 Å². The first-order valence-electron chi connectivity index (χ1n) is 20.4. The zero-order chi connectivity index (χ0) is 39.5. The highest BCUT2D eigenvalue weighted by Gasteiger charge is 2.37. The first kappa shape index (κ1) is 35.2. The van der Waals surface area contributed by atoms with Crippen molar-refractivity contribution in [2.24, 2.45) is 0 Å². The molecule has 0 radical (unpaired) electrons. The molecule has 1 nitrogen and oxygen atoms in total. The average molecular weight is 772 g/mol. The average Bonchev–Trinajstić information content (AvgIpc) is 3.78. The van der Waals surface area contributed by atoms with Crippen LogP contribution in [-0.4, -0.2) is 0 Å². The zero-order valence-electron chi connectivity index (χ0n) is 33.1. The van der Waals surface area contributed by atoms with E-state index in [4.69, 9.17) is 0 Å². The van der Waals surface area contributed by atoms with Gasteiger partial charge in [-0.25, -0.2) is 0 Å². The van der Waals surface area contributed by atoms with Crippen LogP contribution in [0.1, 0.15) is 25.0 Å². The van der Waals surface area contributed by atoms with Crippen molar-refractivity contribution in [2.45, 2.75) is 19.3 Å². The first-order chi connectivity index (χ1) is 29.1. The third-order valence-electron chi connectivity index (χ3n) is 12.3. The molecule has 1 aromatic heterocycles. The van der Waals surface area contributed by atoms with Gasteiger partial charge in [0.1, 0.15) is 0 Å². The van der Waals surface area contributed by atoms with Crippen LogP contribution in [-0.2, 0) is 5.41 Å². The summed E-state index contributed by atoms with van der Waals surface area (Å²) < 4.78 is 2.57. The van der Waals surface area contributed by atoms with E-state index in [1.54, 1.807) is 0 Å². The van der Waals surface area contributed by atoms with Crippen molar-refractivity contribution in [1.29, 1.82) is 0 Å². The van der Waals surface area contributed by atoms with E-state index in [0.717, 1.165) is 17.1 Å². The highest BCUT2D eigenvalue weighted by molar-refractivity contribution is 7.25. The molecule has 0 N–H and O–H groups in total. The summed E-state index contributed by atoms with van der Waals surface area (Å²) in [6.45, 7) is 4.73. The van der Waals surface area contributed by atoms with E-state index in [2.05, 4.69) is 231 Å². The maximum Gasteiger partial charge on any atom is 0.0546 e. The van der Waals surface area contributed by atoms with E-state index in [9.17, 15) is 0 Å². The second kappa shape index (κ2) is 14.1. The monoisotopic (exact) mass is 771 g/mol. The second-order valence-corrected chi connectivity index (χ2v) is 17.1. The summed E-state index contributed by atoms with van der Waals surface area (Å²) in [6.07, 6.45) is 0. The van der Waals surface area contributed by atoms with Crippen LogP contribution in [0.25, 0.3) is 75.8 Å². The van der Waals surface area contributed by atoms with Crippen LogP contribution < -0.4 is 4.90 Å². The van der Waals surface area contributed by atoms with Gasteiger partial charge in [0, 0.05) is 42.4 Å². The quantitative estimate of drug-likeness (QED) is 0.156. The van der Waals surface area contributed by atoms with Crippen molar-refractivity contribution in [3.8, 4) is 55.6 Å². The number of para-hydroxylation sites is 1. The summed E-state index contributed by atoms with van der Waals surface area (Å²) in [5.41, 5.74) is 18.2. The van der Waals surface area contributed by atoms with Crippen molar-refractivity contribution in [3.63, 3.8) is 0 Å². The molecule has 0 saturated heterocycles. The Kier molecular flexibility index (Phi) is 8.43. The van der Waals surface area contributed by atoms with Gasteiger partial charge < -0.3 is 4.90 Å². The number of benzene rings is 9. The molecule has 1 aliphatic rings. The van der Waals surface area contributed by atoms with Gasteiger partial charge in [-0.05, 0) is 86.0 Å². The van der Waals surface area contributed by atoms with Gasteiger partial charge in [0.25, 0.3) is 0 Å². The van der Waals surface area contributed by atoms with Crippen molar-refractivity contribution >= 4 is 48.6 Å². The number of hydrogen-bond donors (Lipinski definition) is 0. The summed E-state index contributed by atoms with van der Waals surface area (Å²) in [4.78, 5) is 2.54. The summed E-state index contributed by atoms with van der Waals surface area (Å²) in [7, 11) is 0. The number of thiophene rings is 1. The van der Waals surface area contributed by atoms with Crippen LogP contribution in [0.2, 0.25) is 0 Å². The fraction of sp³-hybridized carbons (Fsp3) is 0.0526. The molecular formula is C57H41NS. The van der Waals surface area contributed by atoms with E-state index in [-0.39, 0.29) is 5.41 Å². The molecule has 0 aliphatic heterocycles. The predicted octanol–water partition coefficient (Wildman–Crippen LogP) is 16.5. The Bertz CT molecular complexity index is 3190. The van der Waals surface area contributed by atoms with Gasteiger partial charge in [-0.2, -0.15) is 0 Å². The smallest absolute Gasteiger partial charge is 0.0546 e. The predicted molar refractivity (Wildman–Crippen MR) is 253 cm³/mol. The van der Waals surface area contributed by atoms with Crippen LogP contribution in [0.5, 0.6) is 0 Å². The molecule has 0 fully saturated rings. The molecule has 0 spiro atoms. The van der Waals surface area contributed by atoms with Crippen LogP contribution in [0.15, 0.2) is 212 Å². The molecule has 280 valence electrons. The lowest BCUT2D eigenvalue weighted by Crippen LogP contribution is -2.15. The minimum atomic E-state index is -0.110. The normalized spacial score (nSPS) is 12.7. The van der Waals surface area contributed by atoms with Crippen molar-refractivity contribution in [1.82, 2.24) is 0 Å². The molecular weight excluding hydrogens is 731 g/mol. The van der Waals surface area contributed by atoms with Gasteiger partial charge in [-0.1, -0.05) is 196 Å².